The van der Waals surface area contributed by atoms with E-state index in [1.165, 1.54) is 0 Å². The Balaban J connectivity index is 1.66. The summed E-state index contributed by atoms with van der Waals surface area (Å²) in [7, 11) is 1.81. The highest BCUT2D eigenvalue weighted by Crippen LogP contribution is 2.19. The quantitative estimate of drug-likeness (QED) is 0.556. The molecule has 2 aromatic carbocycles. The Morgan fingerprint density at radius 2 is 2.00 bits per heavy atom. The first-order valence-corrected chi connectivity index (χ1v) is 9.59. The van der Waals surface area contributed by atoms with Gasteiger partial charge >= 0.3 is 0 Å². The average Bonchev–Trinajstić information content (AvgIpc) is 3.13. The lowest BCUT2D eigenvalue weighted by molar-refractivity contribution is 0.0781. The second-order valence-corrected chi connectivity index (χ2v) is 7.16. The minimum atomic E-state index is -0.0249. The molecule has 0 radical (unpaired) electrons. The molecule has 0 unspecified atom stereocenters. The van der Waals surface area contributed by atoms with Gasteiger partial charge in [-0.2, -0.15) is 5.10 Å². The summed E-state index contributed by atoms with van der Waals surface area (Å²) in [6, 6.07) is 17.2. The molecule has 3 aromatic rings. The number of aryl methyl sites for hydroxylation is 1. The summed E-state index contributed by atoms with van der Waals surface area (Å²) in [5, 5.41) is 4.25. The second kappa shape index (κ2) is 8.86. The van der Waals surface area contributed by atoms with Crippen LogP contribution in [0.3, 0.4) is 0 Å². The van der Waals surface area contributed by atoms with E-state index in [2.05, 4.69) is 21.0 Å². The number of carbonyl (C=O) groups is 1. The summed E-state index contributed by atoms with van der Waals surface area (Å²) in [5.74, 6) is 0.759. The van der Waals surface area contributed by atoms with Crippen molar-refractivity contribution in [1.29, 1.82) is 0 Å². The van der Waals surface area contributed by atoms with Gasteiger partial charge in [-0.25, -0.2) is 0 Å². The van der Waals surface area contributed by atoms with Gasteiger partial charge in [0.25, 0.3) is 5.91 Å². The lowest BCUT2D eigenvalue weighted by atomic mass is 10.1. The van der Waals surface area contributed by atoms with E-state index in [1.807, 2.05) is 66.2 Å². The monoisotopic (exact) mass is 427 g/mol. The summed E-state index contributed by atoms with van der Waals surface area (Å²) in [4.78, 5) is 14.5. The van der Waals surface area contributed by atoms with Crippen molar-refractivity contribution in [2.24, 2.45) is 0 Å². The largest absolute Gasteiger partial charge is 0.489 e. The van der Waals surface area contributed by atoms with E-state index in [4.69, 9.17) is 4.74 Å². The zero-order valence-corrected chi connectivity index (χ0v) is 17.0. The van der Waals surface area contributed by atoms with Gasteiger partial charge in [-0.1, -0.05) is 34.1 Å². The SMILES string of the molecule is CCn1nccc1CN(C)C(=O)c1cccc(COc2cccc(Br)c2)c1. The maximum atomic E-state index is 12.8. The predicted molar refractivity (Wildman–Crippen MR) is 109 cm³/mol. The van der Waals surface area contributed by atoms with Crippen molar-refractivity contribution in [3.05, 3.63) is 82.1 Å². The van der Waals surface area contributed by atoms with Gasteiger partial charge in [-0.05, 0) is 48.9 Å². The fraction of sp³-hybridized carbons (Fsp3) is 0.238. The Morgan fingerprint density at radius 3 is 2.78 bits per heavy atom. The molecule has 140 valence electrons. The van der Waals surface area contributed by atoms with Gasteiger partial charge < -0.3 is 9.64 Å². The molecule has 0 saturated carbocycles. The number of hydrogen-bond acceptors (Lipinski definition) is 3. The molecule has 0 atom stereocenters. The molecule has 0 aliphatic rings. The van der Waals surface area contributed by atoms with Crippen LogP contribution in [0.25, 0.3) is 0 Å². The second-order valence-electron chi connectivity index (χ2n) is 6.25. The van der Waals surface area contributed by atoms with Crippen molar-refractivity contribution in [2.75, 3.05) is 7.05 Å². The first-order valence-electron chi connectivity index (χ1n) is 8.80. The number of nitrogens with zero attached hydrogens (tertiary/aromatic N) is 3. The van der Waals surface area contributed by atoms with Crippen molar-refractivity contribution in [1.82, 2.24) is 14.7 Å². The number of aromatic nitrogens is 2. The van der Waals surface area contributed by atoms with Crippen LogP contribution < -0.4 is 4.74 Å². The van der Waals surface area contributed by atoms with Crippen molar-refractivity contribution in [3.8, 4) is 5.75 Å². The van der Waals surface area contributed by atoms with Gasteiger partial charge in [-0.3, -0.25) is 9.48 Å². The highest BCUT2D eigenvalue weighted by atomic mass is 79.9. The van der Waals surface area contributed by atoms with Crippen molar-refractivity contribution in [3.63, 3.8) is 0 Å². The van der Waals surface area contributed by atoms with Gasteiger partial charge in [0.15, 0.2) is 0 Å². The number of carbonyl (C=O) groups excluding carboxylic acids is 1. The van der Waals surface area contributed by atoms with E-state index in [9.17, 15) is 4.79 Å². The maximum Gasteiger partial charge on any atom is 0.253 e. The highest BCUT2D eigenvalue weighted by Gasteiger charge is 2.14. The average molecular weight is 428 g/mol. The summed E-state index contributed by atoms with van der Waals surface area (Å²) in [6.45, 7) is 3.75. The molecule has 1 amide bonds. The smallest absolute Gasteiger partial charge is 0.253 e. The molecule has 1 heterocycles. The molecule has 0 fully saturated rings. The molecular formula is C21H22BrN3O2. The zero-order valence-electron chi connectivity index (χ0n) is 15.4. The summed E-state index contributed by atoms with van der Waals surface area (Å²) in [5.41, 5.74) is 2.62. The zero-order chi connectivity index (χ0) is 19.2. The predicted octanol–water partition coefficient (Wildman–Crippen LogP) is 4.52. The van der Waals surface area contributed by atoms with Crippen LogP contribution in [-0.4, -0.2) is 27.6 Å². The standard InChI is InChI=1S/C21H22BrN3O2/c1-3-25-19(10-11-23-25)14-24(2)21(26)17-7-4-6-16(12-17)15-27-20-9-5-8-18(22)13-20/h4-13H,3,14-15H2,1-2H3. The topological polar surface area (TPSA) is 47.4 Å². The van der Waals surface area contributed by atoms with Gasteiger partial charge in [0.05, 0.1) is 12.2 Å². The summed E-state index contributed by atoms with van der Waals surface area (Å²) >= 11 is 3.43. The molecule has 0 spiro atoms. The number of amides is 1. The molecule has 6 heteroatoms. The van der Waals surface area contributed by atoms with E-state index in [0.29, 0.717) is 18.7 Å². The Bertz CT molecular complexity index is 923. The Hall–Kier alpha value is -2.60. The molecule has 27 heavy (non-hydrogen) atoms. The minimum absolute atomic E-state index is 0.0249. The Labute approximate surface area is 167 Å². The fourth-order valence-corrected chi connectivity index (χ4v) is 3.21. The molecule has 1 aromatic heterocycles. The van der Waals surface area contributed by atoms with Crippen LogP contribution in [0.5, 0.6) is 5.75 Å². The summed E-state index contributed by atoms with van der Waals surface area (Å²) < 4.78 is 8.68. The molecule has 0 saturated heterocycles. The molecule has 0 N–H and O–H groups in total. The van der Waals surface area contributed by atoms with Crippen LogP contribution in [0, 0.1) is 0 Å². The van der Waals surface area contributed by atoms with Crippen LogP contribution in [0.1, 0.15) is 28.5 Å². The van der Waals surface area contributed by atoms with E-state index in [0.717, 1.165) is 28.0 Å². The van der Waals surface area contributed by atoms with Crippen molar-refractivity contribution >= 4 is 21.8 Å². The first-order chi connectivity index (χ1) is 13.1. The lowest BCUT2D eigenvalue weighted by Gasteiger charge is -2.18. The molecule has 0 aliphatic carbocycles. The third-order valence-electron chi connectivity index (χ3n) is 4.23. The Morgan fingerprint density at radius 1 is 1.19 bits per heavy atom. The van der Waals surface area contributed by atoms with Crippen LogP contribution >= 0.6 is 15.9 Å². The van der Waals surface area contributed by atoms with Crippen LogP contribution in [0.15, 0.2) is 65.3 Å². The van der Waals surface area contributed by atoms with Crippen molar-refractivity contribution < 1.29 is 9.53 Å². The third-order valence-corrected chi connectivity index (χ3v) is 4.72. The third kappa shape index (κ3) is 4.98. The van der Waals surface area contributed by atoms with E-state index in [1.54, 1.807) is 18.1 Å². The van der Waals surface area contributed by atoms with Crippen LogP contribution in [-0.2, 0) is 19.7 Å². The minimum Gasteiger partial charge on any atom is -0.489 e. The summed E-state index contributed by atoms with van der Waals surface area (Å²) in [6.07, 6.45) is 1.76. The molecule has 0 bridgehead atoms. The van der Waals surface area contributed by atoms with E-state index in [-0.39, 0.29) is 5.91 Å². The number of ether oxygens (including phenoxy) is 1. The molecule has 5 nitrogen and oxygen atoms in total. The van der Waals surface area contributed by atoms with Gasteiger partial charge in [0, 0.05) is 29.8 Å². The first kappa shape index (κ1) is 19.2. The van der Waals surface area contributed by atoms with Gasteiger partial charge in [0.2, 0.25) is 0 Å². The van der Waals surface area contributed by atoms with Gasteiger partial charge in [-0.15, -0.1) is 0 Å². The fourth-order valence-electron chi connectivity index (χ4n) is 2.83. The molecular weight excluding hydrogens is 406 g/mol. The number of rotatable bonds is 7. The van der Waals surface area contributed by atoms with Crippen molar-refractivity contribution in [2.45, 2.75) is 26.6 Å². The molecule has 0 aliphatic heterocycles. The van der Waals surface area contributed by atoms with E-state index < -0.39 is 0 Å². The number of halogens is 1. The number of hydrogen-bond donors (Lipinski definition) is 0. The Kier molecular flexibility index (Phi) is 6.29. The maximum absolute atomic E-state index is 12.8. The van der Waals surface area contributed by atoms with Gasteiger partial charge in [0.1, 0.15) is 12.4 Å². The normalized spacial score (nSPS) is 10.6. The number of benzene rings is 2. The van der Waals surface area contributed by atoms with Crippen LogP contribution in [0.4, 0.5) is 0 Å². The highest BCUT2D eigenvalue weighted by molar-refractivity contribution is 9.10. The van der Waals surface area contributed by atoms with Crippen LogP contribution in [0.2, 0.25) is 0 Å². The lowest BCUT2D eigenvalue weighted by Crippen LogP contribution is -2.27. The molecule has 3 rings (SSSR count). The van der Waals surface area contributed by atoms with E-state index >= 15 is 0 Å².